The number of carbonyl (C=O) groups is 2. The van der Waals surface area contributed by atoms with Crippen LogP contribution in [0, 0.1) is 6.92 Å². The molecule has 1 aliphatic heterocycles. The van der Waals surface area contributed by atoms with Crippen LogP contribution in [0.1, 0.15) is 63.6 Å². The van der Waals surface area contributed by atoms with Gasteiger partial charge in [-0.15, -0.1) is 0 Å². The van der Waals surface area contributed by atoms with Crippen molar-refractivity contribution in [3.63, 3.8) is 0 Å². The molecular formula is C29H27F6NO4. The number of alkyl halides is 6. The van der Waals surface area contributed by atoms with Gasteiger partial charge in [0.1, 0.15) is 0 Å². The summed E-state index contributed by atoms with van der Waals surface area (Å²) >= 11 is 0. The van der Waals surface area contributed by atoms with Gasteiger partial charge in [-0.2, -0.15) is 26.3 Å². The Morgan fingerprint density at radius 3 is 1.85 bits per heavy atom. The second kappa shape index (κ2) is 12.0. The Hall–Kier alpha value is -4.02. The molecule has 2 N–H and O–H groups in total. The number of rotatable bonds is 4. The highest BCUT2D eigenvalue weighted by molar-refractivity contribution is 5.89. The van der Waals surface area contributed by atoms with E-state index in [1.54, 1.807) is 36.1 Å². The first-order valence-electron chi connectivity index (χ1n) is 12.3. The third-order valence-electron chi connectivity index (χ3n) is 6.67. The lowest BCUT2D eigenvalue weighted by atomic mass is 9.94. The van der Waals surface area contributed by atoms with Crippen molar-refractivity contribution in [2.45, 2.75) is 51.5 Å². The van der Waals surface area contributed by atoms with Crippen LogP contribution in [-0.4, -0.2) is 34.7 Å². The molecule has 1 heterocycles. The smallest absolute Gasteiger partial charge is 0.418 e. The van der Waals surface area contributed by atoms with Gasteiger partial charge in [0.05, 0.1) is 22.3 Å². The van der Waals surface area contributed by atoms with E-state index in [4.69, 9.17) is 10.2 Å². The second-order valence-corrected chi connectivity index (χ2v) is 9.45. The van der Waals surface area contributed by atoms with Gasteiger partial charge in [-0.1, -0.05) is 30.3 Å². The van der Waals surface area contributed by atoms with E-state index in [9.17, 15) is 35.9 Å². The van der Waals surface area contributed by atoms with Crippen LogP contribution >= 0.6 is 0 Å². The van der Waals surface area contributed by atoms with Crippen LogP contribution in [0.4, 0.5) is 32.0 Å². The lowest BCUT2D eigenvalue weighted by Crippen LogP contribution is -2.38. The Bertz CT molecular complexity index is 1380. The largest absolute Gasteiger partial charge is 0.478 e. The first-order chi connectivity index (χ1) is 18.6. The SMILES string of the molecule is C[C@@H]1CCCCN1c1ccc(C(=O)O)cc1C(F)(F)F.Cc1ccccc1-c1ccc(C(=O)O)cc1C(F)(F)F. The number of carboxylic acid groups (broad SMARTS) is 2. The fraction of sp³-hybridized carbons (Fsp3) is 0.310. The molecular weight excluding hydrogens is 540 g/mol. The highest BCUT2D eigenvalue weighted by Gasteiger charge is 2.37. The summed E-state index contributed by atoms with van der Waals surface area (Å²) in [6.45, 7) is 4.17. The molecule has 0 unspecified atom stereocenters. The van der Waals surface area contributed by atoms with E-state index >= 15 is 0 Å². The first kappa shape index (κ1) is 30.5. The zero-order valence-corrected chi connectivity index (χ0v) is 21.6. The van der Waals surface area contributed by atoms with Crippen molar-refractivity contribution in [2.75, 3.05) is 11.4 Å². The number of benzene rings is 3. The summed E-state index contributed by atoms with van der Waals surface area (Å²) in [6.07, 6.45) is -6.46. The number of hydrogen-bond donors (Lipinski definition) is 2. The zero-order valence-electron chi connectivity index (χ0n) is 21.6. The average Bonchev–Trinajstić information content (AvgIpc) is 2.88. The number of halogens is 6. The quantitative estimate of drug-likeness (QED) is 0.311. The van der Waals surface area contributed by atoms with Crippen molar-refractivity contribution in [2.24, 2.45) is 0 Å². The third kappa shape index (κ3) is 7.13. The van der Waals surface area contributed by atoms with E-state index in [0.29, 0.717) is 23.7 Å². The first-order valence-corrected chi connectivity index (χ1v) is 12.3. The molecule has 3 aromatic rings. The van der Waals surface area contributed by atoms with Crippen LogP contribution in [-0.2, 0) is 12.4 Å². The lowest BCUT2D eigenvalue weighted by Gasteiger charge is -2.37. The van der Waals surface area contributed by atoms with Crippen LogP contribution in [0.2, 0.25) is 0 Å². The van der Waals surface area contributed by atoms with E-state index in [1.807, 2.05) is 6.92 Å². The minimum Gasteiger partial charge on any atom is -0.478 e. The molecule has 0 radical (unpaired) electrons. The summed E-state index contributed by atoms with van der Waals surface area (Å²) in [7, 11) is 0. The Morgan fingerprint density at radius 1 is 0.775 bits per heavy atom. The standard InChI is InChI=1S/C15H11F3O2.C14H16F3NO2/c1-9-4-2-3-5-11(9)12-7-6-10(14(19)20)8-13(12)15(16,17)18;1-9-4-2-3-7-18(9)12-6-5-10(13(19)20)8-11(12)14(15,16)17/h2-8H,1H3,(H,19,20);5-6,8-9H,2-4,7H2,1H3,(H,19,20)/t;9-/m.1/s1. The molecule has 0 bridgehead atoms. The van der Waals surface area contributed by atoms with Crippen LogP contribution in [0.3, 0.4) is 0 Å². The molecule has 1 fully saturated rings. The van der Waals surface area contributed by atoms with Gasteiger partial charge in [0, 0.05) is 18.3 Å². The fourth-order valence-corrected chi connectivity index (χ4v) is 4.62. The monoisotopic (exact) mass is 567 g/mol. The predicted octanol–water partition coefficient (Wildman–Crippen LogP) is 8.16. The number of aromatic carboxylic acids is 2. The molecule has 1 saturated heterocycles. The van der Waals surface area contributed by atoms with Crippen molar-refractivity contribution in [3.8, 4) is 11.1 Å². The van der Waals surface area contributed by atoms with Gasteiger partial charge in [-0.05, 0) is 80.1 Å². The minimum atomic E-state index is -4.61. The molecule has 1 aliphatic rings. The second-order valence-electron chi connectivity index (χ2n) is 9.45. The molecule has 40 heavy (non-hydrogen) atoms. The number of anilines is 1. The Balaban J connectivity index is 0.000000220. The molecule has 5 nitrogen and oxygen atoms in total. The fourth-order valence-electron chi connectivity index (χ4n) is 4.62. The van der Waals surface area contributed by atoms with Crippen molar-refractivity contribution in [1.82, 2.24) is 0 Å². The Labute approximate surface area is 226 Å². The maximum Gasteiger partial charge on any atom is 0.418 e. The summed E-state index contributed by atoms with van der Waals surface area (Å²) in [5.74, 6) is -2.74. The van der Waals surface area contributed by atoms with Crippen LogP contribution < -0.4 is 4.90 Å². The maximum absolute atomic E-state index is 13.2. The zero-order chi connectivity index (χ0) is 29.8. The van der Waals surface area contributed by atoms with Gasteiger partial charge < -0.3 is 15.1 Å². The van der Waals surface area contributed by atoms with Gasteiger partial charge >= 0.3 is 24.3 Å². The van der Waals surface area contributed by atoms with Gasteiger partial charge in [0.25, 0.3) is 0 Å². The number of aryl methyl sites for hydroxylation is 1. The van der Waals surface area contributed by atoms with Crippen molar-refractivity contribution in [1.29, 1.82) is 0 Å². The van der Waals surface area contributed by atoms with Crippen molar-refractivity contribution >= 4 is 17.6 Å². The molecule has 0 amide bonds. The van der Waals surface area contributed by atoms with Gasteiger partial charge in [0.2, 0.25) is 0 Å². The molecule has 0 spiro atoms. The highest BCUT2D eigenvalue weighted by atomic mass is 19.4. The molecule has 214 valence electrons. The van der Waals surface area contributed by atoms with Gasteiger partial charge in [-0.3, -0.25) is 0 Å². The van der Waals surface area contributed by atoms with Gasteiger partial charge in [0.15, 0.2) is 0 Å². The molecule has 3 aromatic carbocycles. The minimum absolute atomic E-state index is 0.0133. The third-order valence-corrected chi connectivity index (χ3v) is 6.67. The van der Waals surface area contributed by atoms with Crippen LogP contribution in [0.25, 0.3) is 11.1 Å². The summed E-state index contributed by atoms with van der Waals surface area (Å²) < 4.78 is 78.8. The summed E-state index contributed by atoms with van der Waals surface area (Å²) in [5, 5.41) is 17.7. The molecule has 0 saturated carbocycles. The average molecular weight is 568 g/mol. The van der Waals surface area contributed by atoms with E-state index in [-0.39, 0.29) is 28.4 Å². The van der Waals surface area contributed by atoms with Crippen LogP contribution in [0.5, 0.6) is 0 Å². The molecule has 11 heteroatoms. The topological polar surface area (TPSA) is 77.8 Å². The molecule has 0 aliphatic carbocycles. The number of piperidine rings is 1. The lowest BCUT2D eigenvalue weighted by molar-refractivity contribution is -0.138. The highest BCUT2D eigenvalue weighted by Crippen LogP contribution is 2.40. The molecule has 1 atom stereocenters. The maximum atomic E-state index is 13.2. The van der Waals surface area contributed by atoms with Gasteiger partial charge in [-0.25, -0.2) is 9.59 Å². The van der Waals surface area contributed by atoms with Crippen LogP contribution in [0.15, 0.2) is 60.7 Å². The number of carboxylic acids is 2. The number of nitrogens with zero attached hydrogens (tertiary/aromatic N) is 1. The van der Waals surface area contributed by atoms with Crippen molar-refractivity contribution in [3.05, 3.63) is 88.5 Å². The Morgan fingerprint density at radius 2 is 1.32 bits per heavy atom. The predicted molar refractivity (Wildman–Crippen MR) is 138 cm³/mol. The summed E-state index contributed by atoms with van der Waals surface area (Å²) in [6, 6.07) is 13.0. The normalized spacial score (nSPS) is 15.7. The van der Waals surface area contributed by atoms with E-state index < -0.39 is 35.4 Å². The Kier molecular flexibility index (Phi) is 9.17. The van der Waals surface area contributed by atoms with E-state index in [1.165, 1.54) is 24.3 Å². The number of hydrogen-bond acceptors (Lipinski definition) is 3. The molecule has 4 rings (SSSR count). The van der Waals surface area contributed by atoms with E-state index in [2.05, 4.69) is 0 Å². The summed E-state index contributed by atoms with van der Waals surface area (Å²) in [4.78, 5) is 23.4. The summed E-state index contributed by atoms with van der Waals surface area (Å²) in [5.41, 5.74) is -1.33. The van der Waals surface area contributed by atoms with E-state index in [0.717, 1.165) is 25.3 Å². The van der Waals surface area contributed by atoms with Crippen molar-refractivity contribution < 1.29 is 46.1 Å². The molecule has 0 aromatic heterocycles.